The van der Waals surface area contributed by atoms with Gasteiger partial charge in [-0.25, -0.2) is 13.2 Å². The van der Waals surface area contributed by atoms with Crippen LogP contribution in [-0.2, 0) is 14.8 Å². The second kappa shape index (κ2) is 7.95. The maximum absolute atomic E-state index is 12.5. The Labute approximate surface area is 169 Å². The van der Waals surface area contributed by atoms with E-state index in [1.54, 1.807) is 47.4 Å². The average molecular weight is 406 g/mol. The summed E-state index contributed by atoms with van der Waals surface area (Å²) in [4.78, 5) is 13.3. The lowest BCUT2D eigenvalue weighted by Crippen LogP contribution is -2.24. The van der Waals surface area contributed by atoms with Gasteiger partial charge in [-0.3, -0.25) is 4.90 Å². The third-order valence-electron chi connectivity index (χ3n) is 4.55. The Kier molecular flexibility index (Phi) is 5.21. The summed E-state index contributed by atoms with van der Waals surface area (Å²) in [6.07, 6.45) is -0.355. The van der Waals surface area contributed by atoms with Crippen molar-refractivity contribution in [1.29, 1.82) is 0 Å². The summed E-state index contributed by atoms with van der Waals surface area (Å²) >= 11 is 0. The molecule has 29 heavy (non-hydrogen) atoms. The molecule has 0 spiro atoms. The Balaban J connectivity index is 1.40. The fourth-order valence-corrected chi connectivity index (χ4v) is 4.01. The number of fused-ring (bicyclic) bond motifs is 1. The van der Waals surface area contributed by atoms with Crippen LogP contribution in [0.2, 0.25) is 0 Å². The van der Waals surface area contributed by atoms with Crippen LogP contribution in [0.15, 0.2) is 71.6 Å². The number of nitrogens with zero attached hydrogens (tertiary/aromatic N) is 1. The van der Waals surface area contributed by atoms with Crippen LogP contribution < -0.4 is 9.62 Å². The SMILES string of the molecule is O=C1OCCN1c1ccc(C#CCNS(=O)(=O)c2ccc3ccccc3c2)cc1. The first-order valence-electron chi connectivity index (χ1n) is 9.05. The molecule has 0 saturated carbocycles. The van der Waals surface area contributed by atoms with E-state index >= 15 is 0 Å². The molecule has 6 nitrogen and oxygen atoms in total. The number of ether oxygens (including phenoxy) is 1. The number of rotatable bonds is 4. The molecule has 0 unspecified atom stereocenters. The standard InChI is InChI=1S/C22H18N2O4S/c25-22-24(14-15-28-22)20-10-7-17(8-11-20)4-3-13-23-29(26,27)21-12-9-18-5-1-2-6-19(18)16-21/h1-2,5-12,16,23H,13-15H2. The number of amides is 1. The monoisotopic (exact) mass is 406 g/mol. The van der Waals surface area contributed by atoms with E-state index in [0.29, 0.717) is 13.2 Å². The van der Waals surface area contributed by atoms with E-state index < -0.39 is 10.0 Å². The number of carbonyl (C=O) groups excluding carboxylic acids is 1. The minimum Gasteiger partial charge on any atom is -0.447 e. The van der Waals surface area contributed by atoms with Gasteiger partial charge < -0.3 is 4.74 Å². The average Bonchev–Trinajstić information content (AvgIpc) is 3.17. The van der Waals surface area contributed by atoms with Crippen LogP contribution in [0, 0.1) is 11.8 Å². The van der Waals surface area contributed by atoms with Crippen molar-refractivity contribution in [2.24, 2.45) is 0 Å². The Morgan fingerprint density at radius 1 is 1.00 bits per heavy atom. The Bertz CT molecular complexity index is 1220. The second-order valence-corrected chi connectivity index (χ2v) is 8.22. The van der Waals surface area contributed by atoms with E-state index in [4.69, 9.17) is 4.74 Å². The van der Waals surface area contributed by atoms with Gasteiger partial charge in [-0.15, -0.1) is 0 Å². The zero-order valence-corrected chi connectivity index (χ0v) is 16.3. The summed E-state index contributed by atoms with van der Waals surface area (Å²) in [5.74, 6) is 5.73. The van der Waals surface area contributed by atoms with E-state index in [-0.39, 0.29) is 17.5 Å². The molecule has 1 fully saturated rings. The van der Waals surface area contributed by atoms with E-state index in [2.05, 4.69) is 16.6 Å². The molecule has 4 rings (SSSR count). The van der Waals surface area contributed by atoms with E-state index in [1.807, 2.05) is 24.3 Å². The van der Waals surface area contributed by atoms with Crippen LogP contribution >= 0.6 is 0 Å². The number of anilines is 1. The lowest BCUT2D eigenvalue weighted by molar-refractivity contribution is 0.181. The molecule has 7 heteroatoms. The molecule has 1 aliphatic heterocycles. The summed E-state index contributed by atoms with van der Waals surface area (Å²) in [7, 11) is -3.64. The molecule has 0 bridgehead atoms. The van der Waals surface area contributed by atoms with Crippen LogP contribution in [0.4, 0.5) is 10.5 Å². The summed E-state index contributed by atoms with van der Waals surface area (Å²) in [5, 5.41) is 1.85. The number of benzene rings is 3. The van der Waals surface area contributed by atoms with Crippen molar-refractivity contribution in [3.8, 4) is 11.8 Å². The highest BCUT2D eigenvalue weighted by Gasteiger charge is 2.23. The highest BCUT2D eigenvalue weighted by molar-refractivity contribution is 7.89. The third kappa shape index (κ3) is 4.24. The quantitative estimate of drug-likeness (QED) is 0.676. The van der Waals surface area contributed by atoms with Gasteiger partial charge in [-0.05, 0) is 47.2 Å². The third-order valence-corrected chi connectivity index (χ3v) is 5.95. The van der Waals surface area contributed by atoms with Gasteiger partial charge in [-0.2, -0.15) is 4.72 Å². The molecule has 3 aromatic rings. The summed E-state index contributed by atoms with van der Waals surface area (Å²) < 4.78 is 32.4. The van der Waals surface area contributed by atoms with Crippen molar-refractivity contribution < 1.29 is 17.9 Å². The van der Waals surface area contributed by atoms with Gasteiger partial charge in [0.1, 0.15) is 6.61 Å². The minimum atomic E-state index is -3.64. The first kappa shape index (κ1) is 19.0. The molecule has 1 amide bonds. The normalized spacial score (nSPS) is 13.8. The van der Waals surface area contributed by atoms with Gasteiger partial charge >= 0.3 is 6.09 Å². The number of sulfonamides is 1. The summed E-state index contributed by atoms with van der Waals surface area (Å²) in [6, 6.07) is 19.7. The van der Waals surface area contributed by atoms with Crippen LogP contribution in [-0.4, -0.2) is 34.2 Å². The lowest BCUT2D eigenvalue weighted by Gasteiger charge is -2.11. The van der Waals surface area contributed by atoms with Crippen LogP contribution in [0.1, 0.15) is 5.56 Å². The molecule has 1 aliphatic rings. The molecule has 1 N–H and O–H groups in total. The Morgan fingerprint density at radius 2 is 1.76 bits per heavy atom. The van der Waals surface area contributed by atoms with E-state index in [1.165, 1.54) is 0 Å². The molecular weight excluding hydrogens is 388 g/mol. The van der Waals surface area contributed by atoms with Crippen molar-refractivity contribution in [3.05, 3.63) is 72.3 Å². The van der Waals surface area contributed by atoms with Crippen molar-refractivity contribution in [2.75, 3.05) is 24.6 Å². The number of nitrogens with one attached hydrogen (secondary N) is 1. The summed E-state index contributed by atoms with van der Waals surface area (Å²) in [5.41, 5.74) is 1.47. The van der Waals surface area contributed by atoms with Gasteiger partial charge in [0, 0.05) is 11.3 Å². The summed E-state index contributed by atoms with van der Waals surface area (Å²) in [6.45, 7) is 0.910. The molecule has 1 heterocycles. The van der Waals surface area contributed by atoms with Crippen molar-refractivity contribution in [1.82, 2.24) is 4.72 Å². The number of cyclic esters (lactones) is 1. The predicted octanol–water partition coefficient (Wildman–Crippen LogP) is 3.13. The van der Waals surface area contributed by atoms with Gasteiger partial charge in [0.25, 0.3) is 0 Å². The predicted molar refractivity (Wildman–Crippen MR) is 111 cm³/mol. The largest absolute Gasteiger partial charge is 0.447 e. The van der Waals surface area contributed by atoms with Crippen molar-refractivity contribution in [2.45, 2.75) is 4.90 Å². The Morgan fingerprint density at radius 3 is 2.48 bits per heavy atom. The molecule has 146 valence electrons. The zero-order valence-electron chi connectivity index (χ0n) is 15.5. The molecule has 1 saturated heterocycles. The zero-order chi connectivity index (χ0) is 20.3. The van der Waals surface area contributed by atoms with Crippen LogP contribution in [0.25, 0.3) is 10.8 Å². The van der Waals surface area contributed by atoms with E-state index in [0.717, 1.165) is 22.0 Å². The highest BCUT2D eigenvalue weighted by atomic mass is 32.2. The van der Waals surface area contributed by atoms with Crippen LogP contribution in [0.5, 0.6) is 0 Å². The molecule has 0 radical (unpaired) electrons. The topological polar surface area (TPSA) is 75.7 Å². The fraction of sp³-hybridized carbons (Fsp3) is 0.136. The second-order valence-electron chi connectivity index (χ2n) is 6.45. The maximum atomic E-state index is 12.5. The van der Waals surface area contributed by atoms with Gasteiger partial charge in [-0.1, -0.05) is 42.2 Å². The highest BCUT2D eigenvalue weighted by Crippen LogP contribution is 2.19. The smallest absolute Gasteiger partial charge is 0.414 e. The number of hydrogen-bond donors (Lipinski definition) is 1. The molecule has 0 aromatic heterocycles. The first-order chi connectivity index (χ1) is 14.0. The lowest BCUT2D eigenvalue weighted by atomic mass is 10.1. The van der Waals surface area contributed by atoms with Gasteiger partial charge in [0.15, 0.2) is 0 Å². The maximum Gasteiger partial charge on any atom is 0.414 e. The van der Waals surface area contributed by atoms with Crippen molar-refractivity contribution >= 4 is 32.6 Å². The molecule has 0 aliphatic carbocycles. The number of carbonyl (C=O) groups is 1. The Hall–Kier alpha value is -3.34. The molecular formula is C22H18N2O4S. The minimum absolute atomic E-state index is 0.00460. The van der Waals surface area contributed by atoms with E-state index in [9.17, 15) is 13.2 Å². The fourth-order valence-electron chi connectivity index (χ4n) is 3.05. The first-order valence-corrected chi connectivity index (χ1v) is 10.5. The van der Waals surface area contributed by atoms with Gasteiger partial charge in [0.05, 0.1) is 18.0 Å². The van der Waals surface area contributed by atoms with Crippen LogP contribution in [0.3, 0.4) is 0 Å². The van der Waals surface area contributed by atoms with Gasteiger partial charge in [0.2, 0.25) is 10.0 Å². The number of hydrogen-bond acceptors (Lipinski definition) is 4. The molecule has 0 atom stereocenters. The molecule has 3 aromatic carbocycles. The van der Waals surface area contributed by atoms with Crippen molar-refractivity contribution in [3.63, 3.8) is 0 Å².